The van der Waals surface area contributed by atoms with E-state index in [9.17, 15) is 15.0 Å². The van der Waals surface area contributed by atoms with Gasteiger partial charge in [-0.2, -0.15) is 0 Å². The Morgan fingerprint density at radius 3 is 2.95 bits per heavy atom. The van der Waals surface area contributed by atoms with E-state index in [1.165, 1.54) is 18.2 Å². The van der Waals surface area contributed by atoms with Crippen molar-refractivity contribution in [3.63, 3.8) is 0 Å². The van der Waals surface area contributed by atoms with Gasteiger partial charge in [0.15, 0.2) is 11.5 Å². The summed E-state index contributed by atoms with van der Waals surface area (Å²) in [5, 5.41) is 21.6. The third-order valence-corrected chi connectivity index (χ3v) is 3.06. The number of nitrogens with one attached hydrogen (secondary N) is 1. The van der Waals surface area contributed by atoms with Gasteiger partial charge in [0.05, 0.1) is 11.7 Å². The highest BCUT2D eigenvalue weighted by atomic mass is 16.5. The maximum absolute atomic E-state index is 12.0. The van der Waals surface area contributed by atoms with Gasteiger partial charge in [-0.05, 0) is 25.0 Å². The molecule has 1 aromatic rings. The number of ether oxygens (including phenoxy) is 1. The van der Waals surface area contributed by atoms with E-state index in [1.54, 1.807) is 0 Å². The van der Waals surface area contributed by atoms with E-state index in [1.807, 2.05) is 0 Å². The number of hydrogen-bond donors (Lipinski definition) is 3. The van der Waals surface area contributed by atoms with E-state index in [-0.39, 0.29) is 17.4 Å². The van der Waals surface area contributed by atoms with Crippen molar-refractivity contribution in [2.75, 3.05) is 6.61 Å². The predicted molar refractivity (Wildman–Crippen MR) is 68.8 cm³/mol. The zero-order valence-corrected chi connectivity index (χ0v) is 10.3. The second-order valence-electron chi connectivity index (χ2n) is 4.34. The Bertz CT molecular complexity index is 515. The van der Waals surface area contributed by atoms with Crippen LogP contribution in [0.15, 0.2) is 18.2 Å². The lowest BCUT2D eigenvalue weighted by molar-refractivity contribution is 0.0774. The highest BCUT2D eigenvalue weighted by molar-refractivity contribution is 5.98. The molecule has 5 heteroatoms. The Labute approximate surface area is 111 Å². The normalized spacial score (nSPS) is 19.6. The van der Waals surface area contributed by atoms with E-state index in [2.05, 4.69) is 11.2 Å². The summed E-state index contributed by atoms with van der Waals surface area (Å²) in [6.07, 6.45) is 6.90. The number of terminal acetylenes is 1. The summed E-state index contributed by atoms with van der Waals surface area (Å²) in [4.78, 5) is 12.0. The van der Waals surface area contributed by atoms with Crippen LogP contribution in [0.2, 0.25) is 0 Å². The lowest BCUT2D eigenvalue weighted by Gasteiger charge is -2.19. The minimum atomic E-state index is -0.545. The number of amides is 1. The first-order chi connectivity index (χ1) is 9.13. The van der Waals surface area contributed by atoms with Gasteiger partial charge < -0.3 is 20.3 Å². The lowest BCUT2D eigenvalue weighted by atomic mass is 10.1. The number of carbonyl (C=O) groups is 1. The number of para-hydroxylation sites is 1. The molecule has 5 nitrogen and oxygen atoms in total. The monoisotopic (exact) mass is 261 g/mol. The smallest absolute Gasteiger partial charge is 0.256 e. The first-order valence-electron chi connectivity index (χ1n) is 6.03. The van der Waals surface area contributed by atoms with Crippen molar-refractivity contribution in [1.82, 2.24) is 5.32 Å². The van der Waals surface area contributed by atoms with Gasteiger partial charge >= 0.3 is 0 Å². The molecular weight excluding hydrogens is 246 g/mol. The van der Waals surface area contributed by atoms with Gasteiger partial charge in [-0.3, -0.25) is 4.79 Å². The number of phenols is 2. The Kier molecular flexibility index (Phi) is 3.93. The molecule has 2 unspecified atom stereocenters. The number of phenolic OH excluding ortho intramolecular Hbond substituents is 2. The van der Waals surface area contributed by atoms with Gasteiger partial charge in [0.1, 0.15) is 6.04 Å². The number of benzene rings is 1. The molecule has 0 aromatic heterocycles. The lowest BCUT2D eigenvalue weighted by Crippen LogP contribution is -2.42. The molecule has 0 saturated carbocycles. The number of hydrogen-bond acceptors (Lipinski definition) is 4. The van der Waals surface area contributed by atoms with Gasteiger partial charge in [-0.1, -0.05) is 12.0 Å². The van der Waals surface area contributed by atoms with Crippen molar-refractivity contribution < 1.29 is 19.7 Å². The molecule has 1 saturated heterocycles. The first kappa shape index (κ1) is 13.2. The molecular formula is C14H15NO4. The Morgan fingerprint density at radius 1 is 1.53 bits per heavy atom. The Balaban J connectivity index is 2.11. The van der Waals surface area contributed by atoms with Crippen LogP contribution in [0.25, 0.3) is 0 Å². The average molecular weight is 261 g/mol. The second-order valence-corrected chi connectivity index (χ2v) is 4.34. The van der Waals surface area contributed by atoms with E-state index in [4.69, 9.17) is 11.2 Å². The van der Waals surface area contributed by atoms with E-state index >= 15 is 0 Å². The van der Waals surface area contributed by atoms with Crippen LogP contribution in [-0.4, -0.2) is 34.9 Å². The van der Waals surface area contributed by atoms with Crippen molar-refractivity contribution in [3.05, 3.63) is 23.8 Å². The zero-order valence-electron chi connectivity index (χ0n) is 10.3. The molecule has 3 N–H and O–H groups in total. The van der Waals surface area contributed by atoms with E-state index < -0.39 is 17.7 Å². The first-order valence-corrected chi connectivity index (χ1v) is 6.03. The molecule has 2 atom stereocenters. The fraction of sp³-hybridized carbons (Fsp3) is 0.357. The van der Waals surface area contributed by atoms with Crippen molar-refractivity contribution in [1.29, 1.82) is 0 Å². The van der Waals surface area contributed by atoms with Crippen LogP contribution >= 0.6 is 0 Å². The highest BCUT2D eigenvalue weighted by Gasteiger charge is 2.27. The standard InChI is InChI=1S/C14H15NO4/c1-2-10(12-7-4-8-19-12)15-14(18)9-5-3-6-11(16)13(9)17/h1,3,5-6,10,12,16-17H,4,7-8H2,(H,15,18). The topological polar surface area (TPSA) is 78.8 Å². The molecule has 1 fully saturated rings. The Hall–Kier alpha value is -2.19. The SMILES string of the molecule is C#CC(NC(=O)c1cccc(O)c1O)C1CCCO1. The summed E-state index contributed by atoms with van der Waals surface area (Å²) in [5.74, 6) is 1.14. The van der Waals surface area contributed by atoms with Gasteiger partial charge in [-0.15, -0.1) is 6.42 Å². The summed E-state index contributed by atoms with van der Waals surface area (Å²) in [6.45, 7) is 0.635. The number of carbonyl (C=O) groups excluding carboxylic acids is 1. The molecule has 19 heavy (non-hydrogen) atoms. The minimum Gasteiger partial charge on any atom is -0.504 e. The maximum atomic E-state index is 12.0. The molecule has 1 aromatic carbocycles. The number of rotatable bonds is 3. The van der Waals surface area contributed by atoms with Gasteiger partial charge in [0.25, 0.3) is 5.91 Å². The summed E-state index contributed by atoms with van der Waals surface area (Å²) in [5.41, 5.74) is -0.0155. The van der Waals surface area contributed by atoms with Crippen LogP contribution in [0.5, 0.6) is 11.5 Å². The van der Waals surface area contributed by atoms with Crippen LogP contribution in [0, 0.1) is 12.3 Å². The summed E-state index contributed by atoms with van der Waals surface area (Å²) in [6, 6.07) is 3.64. The third-order valence-electron chi connectivity index (χ3n) is 3.06. The third kappa shape index (κ3) is 2.80. The summed E-state index contributed by atoms with van der Waals surface area (Å²) in [7, 11) is 0. The van der Waals surface area contributed by atoms with E-state index in [0.29, 0.717) is 6.61 Å². The number of aromatic hydroxyl groups is 2. The molecule has 2 rings (SSSR count). The Morgan fingerprint density at radius 2 is 2.32 bits per heavy atom. The fourth-order valence-corrected chi connectivity index (χ4v) is 2.04. The summed E-state index contributed by atoms with van der Waals surface area (Å²) >= 11 is 0. The zero-order chi connectivity index (χ0) is 13.8. The molecule has 1 aliphatic rings. The molecule has 0 spiro atoms. The minimum absolute atomic E-state index is 0.0155. The van der Waals surface area contributed by atoms with Crippen molar-refractivity contribution in [3.8, 4) is 23.8 Å². The van der Waals surface area contributed by atoms with E-state index in [0.717, 1.165) is 12.8 Å². The molecule has 1 amide bonds. The van der Waals surface area contributed by atoms with Crippen LogP contribution < -0.4 is 5.32 Å². The molecule has 0 radical (unpaired) electrons. The van der Waals surface area contributed by atoms with Crippen LogP contribution in [0.3, 0.4) is 0 Å². The highest BCUT2D eigenvalue weighted by Crippen LogP contribution is 2.28. The van der Waals surface area contributed by atoms with Gasteiger partial charge in [0, 0.05) is 6.61 Å². The maximum Gasteiger partial charge on any atom is 0.256 e. The largest absolute Gasteiger partial charge is 0.504 e. The van der Waals surface area contributed by atoms with Gasteiger partial charge in [0.2, 0.25) is 0 Å². The fourth-order valence-electron chi connectivity index (χ4n) is 2.04. The predicted octanol–water partition coefficient (Wildman–Crippen LogP) is 1.01. The average Bonchev–Trinajstić information content (AvgIpc) is 2.92. The quantitative estimate of drug-likeness (QED) is 0.560. The molecule has 0 bridgehead atoms. The van der Waals surface area contributed by atoms with Crippen LogP contribution in [-0.2, 0) is 4.74 Å². The van der Waals surface area contributed by atoms with Crippen LogP contribution in [0.4, 0.5) is 0 Å². The molecule has 100 valence electrons. The van der Waals surface area contributed by atoms with Gasteiger partial charge in [-0.25, -0.2) is 0 Å². The van der Waals surface area contributed by atoms with Crippen molar-refractivity contribution in [2.45, 2.75) is 25.0 Å². The molecule has 1 heterocycles. The van der Waals surface area contributed by atoms with Crippen molar-refractivity contribution in [2.24, 2.45) is 0 Å². The summed E-state index contributed by atoms with van der Waals surface area (Å²) < 4.78 is 5.43. The second kappa shape index (κ2) is 5.63. The molecule has 0 aliphatic carbocycles. The van der Waals surface area contributed by atoms with Crippen molar-refractivity contribution >= 4 is 5.91 Å². The molecule has 1 aliphatic heterocycles. The van der Waals surface area contributed by atoms with Crippen LogP contribution in [0.1, 0.15) is 23.2 Å².